The lowest BCUT2D eigenvalue weighted by atomic mass is 9.95. The standard InChI is InChI=1S/C26H23Cl4N3O2/c27-17-5-3-16(4-6-17)23-15-24(33-32-23)26(21-12-9-19(29)14-22(21)30)31-25(34)2-1-13-35-20-10-7-18(28)8-11-20/h3-12,14,23,26,32H,1-2,13,15H2,(H,31,34). The van der Waals surface area contributed by atoms with Gasteiger partial charge in [-0.25, -0.2) is 0 Å². The first kappa shape index (κ1) is 25.6. The number of hydrazone groups is 1. The van der Waals surface area contributed by atoms with Crippen LogP contribution >= 0.6 is 46.4 Å². The summed E-state index contributed by atoms with van der Waals surface area (Å²) in [5.74, 6) is 0.582. The van der Waals surface area contributed by atoms with E-state index in [1.54, 1.807) is 36.4 Å². The monoisotopic (exact) mass is 549 g/mol. The van der Waals surface area contributed by atoms with E-state index in [1.807, 2.05) is 30.3 Å². The van der Waals surface area contributed by atoms with Crippen LogP contribution in [0.3, 0.4) is 0 Å². The summed E-state index contributed by atoms with van der Waals surface area (Å²) in [6, 6.07) is 19.4. The molecule has 0 spiro atoms. The molecule has 3 aromatic rings. The lowest BCUT2D eigenvalue weighted by Gasteiger charge is -2.21. The van der Waals surface area contributed by atoms with E-state index in [-0.39, 0.29) is 18.4 Å². The van der Waals surface area contributed by atoms with Crippen molar-refractivity contribution in [3.8, 4) is 5.75 Å². The minimum absolute atomic E-state index is 0.0273. The second-order valence-corrected chi connectivity index (χ2v) is 9.83. The van der Waals surface area contributed by atoms with Gasteiger partial charge in [-0.15, -0.1) is 0 Å². The van der Waals surface area contributed by atoms with Gasteiger partial charge in [0.2, 0.25) is 5.91 Å². The predicted octanol–water partition coefficient (Wildman–Crippen LogP) is 7.41. The van der Waals surface area contributed by atoms with Gasteiger partial charge in [0.1, 0.15) is 5.75 Å². The van der Waals surface area contributed by atoms with E-state index in [0.29, 0.717) is 45.3 Å². The molecule has 4 rings (SSSR count). The molecule has 1 heterocycles. The number of benzene rings is 3. The molecule has 0 fully saturated rings. The first-order valence-electron chi connectivity index (χ1n) is 11.1. The van der Waals surface area contributed by atoms with Crippen molar-refractivity contribution in [1.29, 1.82) is 0 Å². The number of carbonyl (C=O) groups excluding carboxylic acids is 1. The summed E-state index contributed by atoms with van der Waals surface area (Å²) in [4.78, 5) is 12.9. The Hall–Kier alpha value is -2.44. The van der Waals surface area contributed by atoms with Crippen LogP contribution in [0.5, 0.6) is 5.75 Å². The van der Waals surface area contributed by atoms with Gasteiger partial charge >= 0.3 is 0 Å². The van der Waals surface area contributed by atoms with E-state index in [2.05, 4.69) is 15.8 Å². The van der Waals surface area contributed by atoms with Crippen LogP contribution in [0.15, 0.2) is 71.8 Å². The number of halogens is 4. The minimum atomic E-state index is -0.491. The van der Waals surface area contributed by atoms with E-state index in [9.17, 15) is 4.79 Å². The van der Waals surface area contributed by atoms with E-state index in [0.717, 1.165) is 16.8 Å². The lowest BCUT2D eigenvalue weighted by Crippen LogP contribution is -2.33. The van der Waals surface area contributed by atoms with Crippen molar-refractivity contribution in [2.24, 2.45) is 5.10 Å². The fourth-order valence-electron chi connectivity index (χ4n) is 3.79. The summed E-state index contributed by atoms with van der Waals surface area (Å²) in [5.41, 5.74) is 5.73. The van der Waals surface area contributed by atoms with Gasteiger partial charge in [-0.05, 0) is 66.1 Å². The highest BCUT2D eigenvalue weighted by Gasteiger charge is 2.29. The first-order chi connectivity index (χ1) is 16.9. The van der Waals surface area contributed by atoms with Crippen molar-refractivity contribution in [2.45, 2.75) is 31.3 Å². The molecule has 35 heavy (non-hydrogen) atoms. The summed E-state index contributed by atoms with van der Waals surface area (Å²) < 4.78 is 5.69. The SMILES string of the molecule is O=C(CCCOc1ccc(Cl)cc1)NC(C1=NNC(c2ccc(Cl)cc2)C1)c1ccc(Cl)cc1Cl. The van der Waals surface area contributed by atoms with Gasteiger partial charge in [0, 0.05) is 32.9 Å². The molecule has 0 aromatic heterocycles. The number of hydrogen-bond acceptors (Lipinski definition) is 4. The topological polar surface area (TPSA) is 62.7 Å². The average molecular weight is 551 g/mol. The van der Waals surface area contributed by atoms with Crippen LogP contribution in [0.1, 0.15) is 42.5 Å². The van der Waals surface area contributed by atoms with Gasteiger partial charge < -0.3 is 15.5 Å². The smallest absolute Gasteiger partial charge is 0.220 e. The van der Waals surface area contributed by atoms with Gasteiger partial charge in [-0.3, -0.25) is 4.79 Å². The summed E-state index contributed by atoms with van der Waals surface area (Å²) in [7, 11) is 0. The maximum absolute atomic E-state index is 12.9. The van der Waals surface area contributed by atoms with Gasteiger partial charge in [-0.2, -0.15) is 5.10 Å². The van der Waals surface area contributed by atoms with Crippen molar-refractivity contribution in [1.82, 2.24) is 10.7 Å². The molecule has 1 aliphatic rings. The highest BCUT2D eigenvalue weighted by molar-refractivity contribution is 6.35. The molecule has 0 saturated carbocycles. The molecule has 0 radical (unpaired) electrons. The zero-order valence-electron chi connectivity index (χ0n) is 18.6. The first-order valence-corrected chi connectivity index (χ1v) is 12.6. The molecular weight excluding hydrogens is 528 g/mol. The van der Waals surface area contributed by atoms with Gasteiger partial charge in [-0.1, -0.05) is 64.6 Å². The molecule has 182 valence electrons. The zero-order chi connectivity index (χ0) is 24.8. The molecule has 2 unspecified atom stereocenters. The number of nitrogens with zero attached hydrogens (tertiary/aromatic N) is 1. The fourth-order valence-corrected chi connectivity index (χ4v) is 4.56. The number of hydrogen-bond donors (Lipinski definition) is 2. The third-order valence-corrected chi connectivity index (χ3v) is 6.66. The van der Waals surface area contributed by atoms with Crippen molar-refractivity contribution in [3.63, 3.8) is 0 Å². The van der Waals surface area contributed by atoms with Gasteiger partial charge in [0.25, 0.3) is 0 Å². The van der Waals surface area contributed by atoms with Crippen LogP contribution in [0.4, 0.5) is 0 Å². The van der Waals surface area contributed by atoms with Crippen molar-refractivity contribution < 1.29 is 9.53 Å². The van der Waals surface area contributed by atoms with Crippen molar-refractivity contribution in [3.05, 3.63) is 97.9 Å². The molecular formula is C26H23Cl4N3O2. The highest BCUT2D eigenvalue weighted by Crippen LogP contribution is 2.32. The second kappa shape index (κ2) is 12.0. The molecule has 0 saturated heterocycles. The van der Waals surface area contributed by atoms with Crippen LogP contribution in [0, 0.1) is 0 Å². The Morgan fingerprint density at radius 3 is 2.31 bits per heavy atom. The maximum Gasteiger partial charge on any atom is 0.220 e. The highest BCUT2D eigenvalue weighted by atomic mass is 35.5. The predicted molar refractivity (Wildman–Crippen MR) is 143 cm³/mol. The molecule has 2 atom stereocenters. The Bertz CT molecular complexity index is 1200. The molecule has 2 N–H and O–H groups in total. The molecule has 1 amide bonds. The largest absolute Gasteiger partial charge is 0.494 e. The molecule has 9 heteroatoms. The Morgan fingerprint density at radius 2 is 1.63 bits per heavy atom. The van der Waals surface area contributed by atoms with Gasteiger partial charge in [0.15, 0.2) is 0 Å². The van der Waals surface area contributed by atoms with E-state index < -0.39 is 6.04 Å². The lowest BCUT2D eigenvalue weighted by molar-refractivity contribution is -0.121. The maximum atomic E-state index is 12.9. The molecule has 0 bridgehead atoms. The van der Waals surface area contributed by atoms with Gasteiger partial charge in [0.05, 0.1) is 24.4 Å². The third kappa shape index (κ3) is 7.05. The Kier molecular flexibility index (Phi) is 8.79. The van der Waals surface area contributed by atoms with Crippen LogP contribution in [-0.4, -0.2) is 18.2 Å². The number of amides is 1. The molecule has 0 aliphatic carbocycles. The normalized spacial score (nSPS) is 15.8. The van der Waals surface area contributed by atoms with Crippen LogP contribution in [0.2, 0.25) is 20.1 Å². The van der Waals surface area contributed by atoms with Crippen molar-refractivity contribution in [2.75, 3.05) is 6.61 Å². The van der Waals surface area contributed by atoms with E-state index >= 15 is 0 Å². The van der Waals surface area contributed by atoms with Crippen LogP contribution in [-0.2, 0) is 4.79 Å². The summed E-state index contributed by atoms with van der Waals surface area (Å²) in [6.07, 6.45) is 1.44. The average Bonchev–Trinajstić information content (AvgIpc) is 3.32. The van der Waals surface area contributed by atoms with Crippen LogP contribution < -0.4 is 15.5 Å². The number of rotatable bonds is 9. The summed E-state index contributed by atoms with van der Waals surface area (Å²) in [6.45, 7) is 0.405. The third-order valence-electron chi connectivity index (χ3n) is 5.59. The van der Waals surface area contributed by atoms with E-state index in [4.69, 9.17) is 51.1 Å². The minimum Gasteiger partial charge on any atom is -0.494 e. The number of carbonyl (C=O) groups is 1. The summed E-state index contributed by atoms with van der Waals surface area (Å²) in [5, 5.41) is 9.94. The fraction of sp³-hybridized carbons (Fsp3) is 0.231. The second-order valence-electron chi connectivity index (χ2n) is 8.11. The Morgan fingerprint density at radius 1 is 0.971 bits per heavy atom. The van der Waals surface area contributed by atoms with Crippen molar-refractivity contribution >= 4 is 58.0 Å². The number of nitrogens with one attached hydrogen (secondary N) is 2. The van der Waals surface area contributed by atoms with Crippen LogP contribution in [0.25, 0.3) is 0 Å². The molecule has 1 aliphatic heterocycles. The molecule has 3 aromatic carbocycles. The Balaban J connectivity index is 1.40. The summed E-state index contributed by atoms with van der Waals surface area (Å²) >= 11 is 24.5. The number of ether oxygens (including phenoxy) is 1. The van der Waals surface area contributed by atoms with E-state index in [1.165, 1.54) is 0 Å². The zero-order valence-corrected chi connectivity index (χ0v) is 21.6. The quantitative estimate of drug-likeness (QED) is 0.273. The Labute approximate surface area is 224 Å². The molecule has 5 nitrogen and oxygen atoms in total.